The monoisotopic (exact) mass is 350 g/mol. The van der Waals surface area contributed by atoms with Crippen molar-refractivity contribution in [3.8, 4) is 11.3 Å². The summed E-state index contributed by atoms with van der Waals surface area (Å²) in [5.41, 5.74) is 1.75. The summed E-state index contributed by atoms with van der Waals surface area (Å²) in [7, 11) is 0. The molecule has 3 aromatic rings. The SMILES string of the molecule is CCn1nc(-c2ccc(C)cc2)c(C(=O)O)c(Nc2cccnc2)c1=O. The van der Waals surface area contributed by atoms with Crippen LogP contribution in [-0.2, 0) is 6.54 Å². The smallest absolute Gasteiger partial charge is 0.340 e. The summed E-state index contributed by atoms with van der Waals surface area (Å²) in [4.78, 5) is 28.7. The molecule has 132 valence electrons. The number of carboxylic acid groups (broad SMARTS) is 1. The molecule has 1 aromatic carbocycles. The number of nitrogens with zero attached hydrogens (tertiary/aromatic N) is 3. The first-order valence-electron chi connectivity index (χ1n) is 8.13. The van der Waals surface area contributed by atoms with Crippen molar-refractivity contribution in [2.75, 3.05) is 5.32 Å². The third-order valence-electron chi connectivity index (χ3n) is 3.93. The number of carbonyl (C=O) groups is 1. The fourth-order valence-corrected chi connectivity index (χ4v) is 2.60. The highest BCUT2D eigenvalue weighted by Gasteiger charge is 2.24. The lowest BCUT2D eigenvalue weighted by Crippen LogP contribution is -2.28. The fourth-order valence-electron chi connectivity index (χ4n) is 2.60. The number of benzene rings is 1. The lowest BCUT2D eigenvalue weighted by molar-refractivity contribution is 0.0698. The van der Waals surface area contributed by atoms with Gasteiger partial charge in [-0.05, 0) is 26.0 Å². The average Bonchev–Trinajstić information content (AvgIpc) is 2.64. The Labute approximate surface area is 150 Å². The molecular formula is C19H18N4O3. The zero-order chi connectivity index (χ0) is 18.7. The molecule has 7 heteroatoms. The standard InChI is InChI=1S/C19H18N4O3/c1-3-23-18(24)17(21-14-5-4-10-20-11-14)15(19(25)26)16(22-23)13-8-6-12(2)7-9-13/h4-11,21H,3H2,1-2H3,(H,25,26). The van der Waals surface area contributed by atoms with Gasteiger partial charge < -0.3 is 10.4 Å². The minimum Gasteiger partial charge on any atom is -0.478 e. The van der Waals surface area contributed by atoms with Crippen molar-refractivity contribution in [1.82, 2.24) is 14.8 Å². The van der Waals surface area contributed by atoms with Gasteiger partial charge in [-0.15, -0.1) is 0 Å². The topological polar surface area (TPSA) is 97.1 Å². The van der Waals surface area contributed by atoms with E-state index < -0.39 is 11.5 Å². The number of hydrogen-bond acceptors (Lipinski definition) is 5. The lowest BCUT2D eigenvalue weighted by Gasteiger charge is -2.15. The molecule has 7 nitrogen and oxygen atoms in total. The van der Waals surface area contributed by atoms with Gasteiger partial charge in [0.25, 0.3) is 5.56 Å². The summed E-state index contributed by atoms with van der Waals surface area (Å²) in [6.45, 7) is 4.04. The van der Waals surface area contributed by atoms with Gasteiger partial charge in [-0.3, -0.25) is 9.78 Å². The van der Waals surface area contributed by atoms with Crippen LogP contribution in [0.1, 0.15) is 22.8 Å². The number of aromatic nitrogens is 3. The molecule has 0 saturated heterocycles. The second-order valence-electron chi connectivity index (χ2n) is 5.76. The highest BCUT2D eigenvalue weighted by molar-refractivity contribution is 6.01. The van der Waals surface area contributed by atoms with E-state index in [2.05, 4.69) is 15.4 Å². The van der Waals surface area contributed by atoms with E-state index in [9.17, 15) is 14.7 Å². The van der Waals surface area contributed by atoms with Crippen LogP contribution in [0, 0.1) is 6.92 Å². The van der Waals surface area contributed by atoms with Gasteiger partial charge in [0.15, 0.2) is 0 Å². The van der Waals surface area contributed by atoms with Crippen molar-refractivity contribution in [3.63, 3.8) is 0 Å². The Morgan fingerprint density at radius 1 is 1.23 bits per heavy atom. The molecule has 0 aliphatic heterocycles. The third-order valence-corrected chi connectivity index (χ3v) is 3.93. The highest BCUT2D eigenvalue weighted by atomic mass is 16.4. The maximum atomic E-state index is 12.7. The molecule has 0 fully saturated rings. The normalized spacial score (nSPS) is 10.5. The summed E-state index contributed by atoms with van der Waals surface area (Å²) in [6, 6.07) is 10.7. The Balaban J connectivity index is 2.27. The number of hydrogen-bond donors (Lipinski definition) is 2. The first-order valence-corrected chi connectivity index (χ1v) is 8.13. The van der Waals surface area contributed by atoms with Gasteiger partial charge in [0, 0.05) is 18.3 Å². The van der Waals surface area contributed by atoms with Crippen LogP contribution < -0.4 is 10.9 Å². The molecule has 0 atom stereocenters. The molecule has 0 saturated carbocycles. The molecule has 0 amide bonds. The molecule has 2 heterocycles. The molecule has 26 heavy (non-hydrogen) atoms. The van der Waals surface area contributed by atoms with Gasteiger partial charge >= 0.3 is 5.97 Å². The Morgan fingerprint density at radius 2 is 1.96 bits per heavy atom. The molecule has 0 aliphatic carbocycles. The van der Waals surface area contributed by atoms with Crippen LogP contribution in [0.4, 0.5) is 11.4 Å². The van der Waals surface area contributed by atoms with E-state index in [4.69, 9.17) is 0 Å². The Kier molecular flexibility index (Phi) is 4.79. The number of carboxylic acids is 1. The summed E-state index contributed by atoms with van der Waals surface area (Å²) < 4.78 is 1.25. The molecule has 0 bridgehead atoms. The van der Waals surface area contributed by atoms with Crippen molar-refractivity contribution in [2.45, 2.75) is 20.4 Å². The van der Waals surface area contributed by atoms with E-state index in [1.165, 1.54) is 10.9 Å². The van der Waals surface area contributed by atoms with E-state index in [1.807, 2.05) is 19.1 Å². The van der Waals surface area contributed by atoms with E-state index in [0.717, 1.165) is 5.56 Å². The van der Waals surface area contributed by atoms with Gasteiger partial charge in [-0.25, -0.2) is 9.48 Å². The average molecular weight is 350 g/mol. The van der Waals surface area contributed by atoms with Crippen molar-refractivity contribution in [3.05, 3.63) is 70.3 Å². The second-order valence-corrected chi connectivity index (χ2v) is 5.76. The molecule has 3 rings (SSSR count). The van der Waals surface area contributed by atoms with Crippen LogP contribution in [0.3, 0.4) is 0 Å². The van der Waals surface area contributed by atoms with E-state index in [-0.39, 0.29) is 16.9 Å². The van der Waals surface area contributed by atoms with Crippen molar-refractivity contribution >= 4 is 17.3 Å². The Hall–Kier alpha value is -3.48. The number of pyridine rings is 1. The van der Waals surface area contributed by atoms with Crippen LogP contribution >= 0.6 is 0 Å². The van der Waals surface area contributed by atoms with Crippen molar-refractivity contribution < 1.29 is 9.90 Å². The summed E-state index contributed by atoms with van der Waals surface area (Å²) in [5, 5.41) is 17.0. The number of aryl methyl sites for hydroxylation is 2. The second kappa shape index (κ2) is 7.18. The fraction of sp³-hybridized carbons (Fsp3) is 0.158. The van der Waals surface area contributed by atoms with Crippen LogP contribution in [0.5, 0.6) is 0 Å². The predicted molar refractivity (Wildman–Crippen MR) is 98.8 cm³/mol. The summed E-state index contributed by atoms with van der Waals surface area (Å²) >= 11 is 0. The van der Waals surface area contributed by atoms with Crippen LogP contribution in [0.2, 0.25) is 0 Å². The lowest BCUT2D eigenvalue weighted by atomic mass is 10.0. The van der Waals surface area contributed by atoms with Gasteiger partial charge in [-0.1, -0.05) is 29.8 Å². The molecule has 0 radical (unpaired) electrons. The van der Waals surface area contributed by atoms with Gasteiger partial charge in [-0.2, -0.15) is 5.10 Å². The summed E-state index contributed by atoms with van der Waals surface area (Å²) in [5.74, 6) is -1.22. The molecular weight excluding hydrogens is 332 g/mol. The van der Waals surface area contributed by atoms with E-state index in [1.54, 1.807) is 37.4 Å². The first kappa shape index (κ1) is 17.3. The molecule has 0 spiro atoms. The zero-order valence-corrected chi connectivity index (χ0v) is 14.4. The maximum Gasteiger partial charge on any atom is 0.340 e. The van der Waals surface area contributed by atoms with E-state index >= 15 is 0 Å². The van der Waals surface area contributed by atoms with Crippen molar-refractivity contribution in [2.24, 2.45) is 0 Å². The molecule has 0 unspecified atom stereocenters. The number of anilines is 2. The quantitative estimate of drug-likeness (QED) is 0.734. The molecule has 0 aliphatic rings. The Morgan fingerprint density at radius 3 is 2.54 bits per heavy atom. The number of aromatic carboxylic acids is 1. The first-order chi connectivity index (χ1) is 12.5. The van der Waals surface area contributed by atoms with Crippen molar-refractivity contribution in [1.29, 1.82) is 0 Å². The van der Waals surface area contributed by atoms with E-state index in [0.29, 0.717) is 17.8 Å². The van der Waals surface area contributed by atoms with Gasteiger partial charge in [0.2, 0.25) is 0 Å². The van der Waals surface area contributed by atoms with Gasteiger partial charge in [0.05, 0.1) is 11.9 Å². The summed E-state index contributed by atoms with van der Waals surface area (Å²) in [6.07, 6.45) is 3.12. The van der Waals surface area contributed by atoms with Crippen LogP contribution in [0.15, 0.2) is 53.6 Å². The van der Waals surface area contributed by atoms with Crippen LogP contribution in [0.25, 0.3) is 11.3 Å². The largest absolute Gasteiger partial charge is 0.478 e. The van der Waals surface area contributed by atoms with Gasteiger partial charge in [0.1, 0.15) is 16.9 Å². The predicted octanol–water partition coefficient (Wildman–Crippen LogP) is 3.08. The molecule has 2 aromatic heterocycles. The Bertz CT molecular complexity index is 996. The number of nitrogens with one attached hydrogen (secondary N) is 1. The minimum absolute atomic E-state index is 0.0297. The molecule has 2 N–H and O–H groups in total. The van der Waals surface area contributed by atoms with Crippen LogP contribution in [-0.4, -0.2) is 25.8 Å². The third kappa shape index (κ3) is 3.32. The zero-order valence-electron chi connectivity index (χ0n) is 14.4. The highest BCUT2D eigenvalue weighted by Crippen LogP contribution is 2.27. The maximum absolute atomic E-state index is 12.7. The number of rotatable bonds is 5. The minimum atomic E-state index is -1.22.